The SMILES string of the molecule is CC(CSC[C@H](N)C(=O)NCC(=O)O)C(=O)O. The second-order valence-corrected chi connectivity index (χ2v) is 4.57. The van der Waals surface area contributed by atoms with E-state index < -0.39 is 36.4 Å². The van der Waals surface area contributed by atoms with E-state index in [2.05, 4.69) is 5.32 Å². The third kappa shape index (κ3) is 7.58. The summed E-state index contributed by atoms with van der Waals surface area (Å²) in [6.45, 7) is 1.09. The summed E-state index contributed by atoms with van der Waals surface area (Å²) in [6.07, 6.45) is 0. The highest BCUT2D eigenvalue weighted by atomic mass is 32.2. The summed E-state index contributed by atoms with van der Waals surface area (Å²) in [6, 6.07) is -0.833. The zero-order valence-electron chi connectivity index (χ0n) is 9.38. The molecule has 0 bridgehead atoms. The minimum Gasteiger partial charge on any atom is -0.481 e. The third-order valence-electron chi connectivity index (χ3n) is 1.84. The molecule has 0 spiro atoms. The molecule has 0 radical (unpaired) electrons. The van der Waals surface area contributed by atoms with Crippen LogP contribution in [0.25, 0.3) is 0 Å². The van der Waals surface area contributed by atoms with E-state index in [1.54, 1.807) is 6.92 Å². The standard InChI is InChI=1S/C9H16N2O5S/c1-5(9(15)16)3-17-4-6(10)8(14)11-2-7(12)13/h5-6H,2-4,10H2,1H3,(H,11,14)(H,12,13)(H,15,16)/t5?,6-/m0/s1. The van der Waals surface area contributed by atoms with Crippen LogP contribution in [0.15, 0.2) is 0 Å². The molecular formula is C9H16N2O5S. The van der Waals surface area contributed by atoms with Crippen LogP contribution in [-0.2, 0) is 14.4 Å². The number of hydrogen-bond donors (Lipinski definition) is 4. The van der Waals surface area contributed by atoms with Crippen LogP contribution in [0.1, 0.15) is 6.92 Å². The van der Waals surface area contributed by atoms with Crippen molar-refractivity contribution in [1.29, 1.82) is 0 Å². The van der Waals surface area contributed by atoms with Crippen molar-refractivity contribution < 1.29 is 24.6 Å². The number of carbonyl (C=O) groups is 3. The predicted octanol–water partition coefficient (Wildman–Crippen LogP) is -1.03. The van der Waals surface area contributed by atoms with E-state index in [0.717, 1.165) is 0 Å². The Morgan fingerprint density at radius 1 is 1.29 bits per heavy atom. The molecule has 0 aromatic carbocycles. The van der Waals surface area contributed by atoms with E-state index in [1.807, 2.05) is 0 Å². The largest absolute Gasteiger partial charge is 0.481 e. The Morgan fingerprint density at radius 2 is 1.88 bits per heavy atom. The van der Waals surface area contributed by atoms with Gasteiger partial charge in [0.25, 0.3) is 0 Å². The fourth-order valence-corrected chi connectivity index (χ4v) is 1.85. The summed E-state index contributed by atoms with van der Waals surface area (Å²) in [5.41, 5.74) is 5.49. The molecule has 0 fully saturated rings. The smallest absolute Gasteiger partial charge is 0.322 e. The fraction of sp³-hybridized carbons (Fsp3) is 0.667. The fourth-order valence-electron chi connectivity index (χ4n) is 0.813. The number of carboxylic acid groups (broad SMARTS) is 2. The summed E-state index contributed by atoms with van der Waals surface area (Å²) in [7, 11) is 0. The van der Waals surface area contributed by atoms with Crippen molar-refractivity contribution in [3.8, 4) is 0 Å². The quantitative estimate of drug-likeness (QED) is 0.441. The van der Waals surface area contributed by atoms with Crippen LogP contribution in [0.3, 0.4) is 0 Å². The van der Waals surface area contributed by atoms with Gasteiger partial charge in [0.05, 0.1) is 12.0 Å². The van der Waals surface area contributed by atoms with Crippen LogP contribution >= 0.6 is 11.8 Å². The first-order chi connectivity index (χ1) is 7.84. The van der Waals surface area contributed by atoms with Crippen molar-refractivity contribution in [2.75, 3.05) is 18.1 Å². The van der Waals surface area contributed by atoms with Crippen LogP contribution in [0, 0.1) is 5.92 Å². The number of carboxylic acids is 2. The van der Waals surface area contributed by atoms with Gasteiger partial charge in [-0.25, -0.2) is 0 Å². The third-order valence-corrected chi connectivity index (χ3v) is 3.17. The van der Waals surface area contributed by atoms with E-state index in [9.17, 15) is 14.4 Å². The number of nitrogens with two attached hydrogens (primary N) is 1. The van der Waals surface area contributed by atoms with Crippen LogP contribution < -0.4 is 11.1 Å². The molecule has 0 saturated carbocycles. The molecule has 0 aromatic heterocycles. The monoisotopic (exact) mass is 264 g/mol. The molecule has 5 N–H and O–H groups in total. The number of aliphatic carboxylic acids is 2. The van der Waals surface area contributed by atoms with Crippen LogP contribution in [0.4, 0.5) is 0 Å². The summed E-state index contributed by atoms with van der Waals surface area (Å²) >= 11 is 1.25. The van der Waals surface area contributed by atoms with Crippen molar-refractivity contribution in [2.24, 2.45) is 11.7 Å². The van der Waals surface area contributed by atoms with Gasteiger partial charge in [-0.2, -0.15) is 11.8 Å². The van der Waals surface area contributed by atoms with Gasteiger partial charge < -0.3 is 21.3 Å². The highest BCUT2D eigenvalue weighted by molar-refractivity contribution is 7.99. The molecule has 8 heteroatoms. The molecule has 0 aromatic rings. The molecule has 0 aliphatic rings. The molecule has 2 atom stereocenters. The zero-order valence-corrected chi connectivity index (χ0v) is 10.2. The van der Waals surface area contributed by atoms with Crippen molar-refractivity contribution in [2.45, 2.75) is 13.0 Å². The number of nitrogens with one attached hydrogen (secondary N) is 1. The highest BCUT2D eigenvalue weighted by Gasteiger charge is 2.16. The number of hydrogen-bond acceptors (Lipinski definition) is 5. The van der Waals surface area contributed by atoms with Gasteiger partial charge in [0.2, 0.25) is 5.91 Å². The molecule has 17 heavy (non-hydrogen) atoms. The van der Waals surface area contributed by atoms with Crippen LogP contribution in [0.2, 0.25) is 0 Å². The lowest BCUT2D eigenvalue weighted by molar-refractivity contribution is -0.140. The first-order valence-corrected chi connectivity index (χ1v) is 6.05. The van der Waals surface area contributed by atoms with Crippen molar-refractivity contribution in [3.05, 3.63) is 0 Å². The molecule has 0 saturated heterocycles. The maximum Gasteiger partial charge on any atom is 0.322 e. The van der Waals surface area contributed by atoms with Gasteiger partial charge >= 0.3 is 11.9 Å². The second kappa shape index (κ2) is 7.91. The Hall–Kier alpha value is -1.28. The summed E-state index contributed by atoms with van der Waals surface area (Å²) in [4.78, 5) is 31.9. The summed E-state index contributed by atoms with van der Waals surface area (Å²) in [5.74, 6) is -2.49. The molecule has 0 aliphatic heterocycles. The van der Waals surface area contributed by atoms with Gasteiger partial charge in [-0.05, 0) is 0 Å². The first-order valence-electron chi connectivity index (χ1n) is 4.90. The van der Waals surface area contributed by atoms with E-state index in [0.29, 0.717) is 5.75 Å². The zero-order chi connectivity index (χ0) is 13.4. The maximum absolute atomic E-state index is 11.2. The lowest BCUT2D eigenvalue weighted by Gasteiger charge is -2.11. The van der Waals surface area contributed by atoms with Gasteiger partial charge in [0.1, 0.15) is 6.54 Å². The van der Waals surface area contributed by atoms with Gasteiger partial charge in [0, 0.05) is 11.5 Å². The Bertz CT molecular complexity index is 297. The van der Waals surface area contributed by atoms with Crippen molar-refractivity contribution in [1.82, 2.24) is 5.32 Å². The topological polar surface area (TPSA) is 130 Å². The minimum atomic E-state index is -1.14. The number of carbonyl (C=O) groups excluding carboxylic acids is 1. The molecule has 1 amide bonds. The summed E-state index contributed by atoms with van der Waals surface area (Å²) < 4.78 is 0. The second-order valence-electron chi connectivity index (χ2n) is 3.49. The molecule has 98 valence electrons. The Kier molecular flexibility index (Phi) is 7.31. The molecule has 7 nitrogen and oxygen atoms in total. The maximum atomic E-state index is 11.2. The van der Waals surface area contributed by atoms with Crippen LogP contribution in [0.5, 0.6) is 0 Å². The van der Waals surface area contributed by atoms with E-state index >= 15 is 0 Å². The van der Waals surface area contributed by atoms with Crippen LogP contribution in [-0.4, -0.2) is 52.2 Å². The Labute approximate surface area is 103 Å². The van der Waals surface area contributed by atoms with E-state index in [1.165, 1.54) is 11.8 Å². The number of thioether (sulfide) groups is 1. The molecule has 0 heterocycles. The molecule has 1 unspecified atom stereocenters. The lowest BCUT2D eigenvalue weighted by atomic mass is 10.2. The van der Waals surface area contributed by atoms with Gasteiger partial charge in [-0.15, -0.1) is 0 Å². The normalized spacial score (nSPS) is 13.8. The average Bonchev–Trinajstić information content (AvgIpc) is 2.25. The van der Waals surface area contributed by atoms with Crippen molar-refractivity contribution in [3.63, 3.8) is 0 Å². The lowest BCUT2D eigenvalue weighted by Crippen LogP contribution is -2.44. The summed E-state index contributed by atoms with van der Waals surface area (Å²) in [5, 5.41) is 19.1. The van der Waals surface area contributed by atoms with Gasteiger partial charge in [0.15, 0.2) is 0 Å². The minimum absolute atomic E-state index is 0.253. The number of amides is 1. The molecule has 0 aliphatic carbocycles. The van der Waals surface area contributed by atoms with E-state index in [4.69, 9.17) is 15.9 Å². The highest BCUT2D eigenvalue weighted by Crippen LogP contribution is 2.09. The molecular weight excluding hydrogens is 248 g/mol. The van der Waals surface area contributed by atoms with Gasteiger partial charge in [-0.3, -0.25) is 14.4 Å². The van der Waals surface area contributed by atoms with E-state index in [-0.39, 0.29) is 5.75 Å². The first kappa shape index (κ1) is 15.7. The average molecular weight is 264 g/mol. The molecule has 0 rings (SSSR count). The van der Waals surface area contributed by atoms with Crippen molar-refractivity contribution >= 4 is 29.6 Å². The Morgan fingerprint density at radius 3 is 2.35 bits per heavy atom. The number of rotatable bonds is 8. The predicted molar refractivity (Wildman–Crippen MR) is 62.7 cm³/mol. The Balaban J connectivity index is 3.78. The van der Waals surface area contributed by atoms with Gasteiger partial charge in [-0.1, -0.05) is 6.92 Å².